The number of phosphoric acid groups is 1. The van der Waals surface area contributed by atoms with Gasteiger partial charge in [0, 0.05) is 0 Å². The third kappa shape index (κ3) is 21.8. The molecule has 1 amide bonds. The Morgan fingerprint density at radius 2 is 1.10 bits per heavy atom. The molecule has 0 saturated heterocycles. The molecule has 0 spiro atoms. The Labute approximate surface area is 312 Å². The number of nitrogens with one attached hydrogen (secondary N) is 1. The van der Waals surface area contributed by atoms with E-state index in [-0.39, 0.29) is 6.42 Å². The van der Waals surface area contributed by atoms with Crippen LogP contribution in [0.4, 0.5) is 0 Å². The van der Waals surface area contributed by atoms with Crippen molar-refractivity contribution in [2.75, 3.05) is 6.61 Å². The van der Waals surface area contributed by atoms with Crippen LogP contribution in [0.5, 0.6) is 0 Å². The Bertz CT molecular complexity index is 958. The number of carbonyl (C=O) groups is 1. The minimum atomic E-state index is -5.13. The van der Waals surface area contributed by atoms with Gasteiger partial charge in [0.1, 0.15) is 36.6 Å². The molecular formula is C38H74NO12P. The van der Waals surface area contributed by atoms with Crippen molar-refractivity contribution in [3.8, 4) is 0 Å². The lowest BCUT2D eigenvalue weighted by atomic mass is 9.85. The van der Waals surface area contributed by atoms with Crippen molar-refractivity contribution < 1.29 is 59.0 Å². The standard InChI is InChI=1S/C38H74NO12P/c1-3-5-7-9-11-13-14-15-16-18-20-22-24-26-31(41)30(39-32(42)27-29(40)25-23-21-19-17-12-10-8-6-4-2)28-50-52(48,49)51-38-36(46)34(44)33(43)35(45)37(38)47/h24,26,29-31,33-38,40-41,43-47H,3-23,25,27-28H2,1-2H3,(H,39,42)(H,48,49)/b26-24+. The van der Waals surface area contributed by atoms with E-state index in [9.17, 15) is 50.0 Å². The normalized spacial score (nSPS) is 25.2. The van der Waals surface area contributed by atoms with E-state index in [1.165, 1.54) is 89.5 Å². The monoisotopic (exact) mass is 767 g/mol. The zero-order chi connectivity index (χ0) is 38.8. The molecule has 9 N–H and O–H groups in total. The first kappa shape index (κ1) is 49.1. The van der Waals surface area contributed by atoms with E-state index in [1.54, 1.807) is 6.08 Å². The molecule has 1 aliphatic carbocycles. The van der Waals surface area contributed by atoms with Crippen LogP contribution in [-0.4, -0.2) is 108 Å². The largest absolute Gasteiger partial charge is 0.472 e. The molecule has 308 valence electrons. The second-order valence-electron chi connectivity index (χ2n) is 14.7. The van der Waals surface area contributed by atoms with Crippen molar-refractivity contribution in [3.05, 3.63) is 12.2 Å². The fraction of sp³-hybridized carbons (Fsp3) is 0.921. The van der Waals surface area contributed by atoms with Crippen molar-refractivity contribution in [2.24, 2.45) is 0 Å². The molecular weight excluding hydrogens is 693 g/mol. The van der Waals surface area contributed by atoms with Gasteiger partial charge in [-0.15, -0.1) is 0 Å². The summed E-state index contributed by atoms with van der Waals surface area (Å²) in [4.78, 5) is 23.3. The lowest BCUT2D eigenvalue weighted by molar-refractivity contribution is -0.220. The zero-order valence-corrected chi connectivity index (χ0v) is 32.9. The first-order chi connectivity index (χ1) is 24.8. The quantitative estimate of drug-likeness (QED) is 0.0248. The minimum Gasteiger partial charge on any atom is -0.393 e. The van der Waals surface area contributed by atoms with Crippen LogP contribution in [0.1, 0.15) is 162 Å². The van der Waals surface area contributed by atoms with E-state index in [2.05, 4.69) is 19.2 Å². The maximum absolute atomic E-state index is 12.9. The van der Waals surface area contributed by atoms with Crippen LogP contribution >= 0.6 is 7.82 Å². The average molecular weight is 768 g/mol. The van der Waals surface area contributed by atoms with Crippen LogP contribution in [0.3, 0.4) is 0 Å². The third-order valence-corrected chi connectivity index (χ3v) is 10.9. The molecule has 0 heterocycles. The van der Waals surface area contributed by atoms with Crippen molar-refractivity contribution in [1.82, 2.24) is 5.32 Å². The molecule has 0 aromatic carbocycles. The predicted molar refractivity (Wildman–Crippen MR) is 201 cm³/mol. The Hall–Kier alpha value is -0.960. The van der Waals surface area contributed by atoms with Crippen LogP contribution in [0.2, 0.25) is 0 Å². The van der Waals surface area contributed by atoms with Crippen LogP contribution in [-0.2, 0) is 18.4 Å². The van der Waals surface area contributed by atoms with Gasteiger partial charge in [-0.2, -0.15) is 0 Å². The van der Waals surface area contributed by atoms with Gasteiger partial charge < -0.3 is 46.0 Å². The van der Waals surface area contributed by atoms with Crippen molar-refractivity contribution in [1.29, 1.82) is 0 Å². The topological polar surface area (TPSA) is 226 Å². The summed E-state index contributed by atoms with van der Waals surface area (Å²) in [5, 5.41) is 74.0. The lowest BCUT2D eigenvalue weighted by Gasteiger charge is -2.41. The Morgan fingerprint density at radius 1 is 0.673 bits per heavy atom. The molecule has 0 bridgehead atoms. The van der Waals surface area contributed by atoms with Crippen molar-refractivity contribution in [2.45, 2.75) is 216 Å². The van der Waals surface area contributed by atoms with Gasteiger partial charge in [0.05, 0.1) is 31.3 Å². The van der Waals surface area contributed by atoms with Crippen LogP contribution in [0.15, 0.2) is 12.2 Å². The number of carbonyl (C=O) groups excluding carboxylic acids is 1. The number of aliphatic hydroxyl groups is 7. The average Bonchev–Trinajstić information content (AvgIpc) is 3.11. The van der Waals surface area contributed by atoms with Gasteiger partial charge in [-0.3, -0.25) is 13.8 Å². The maximum atomic E-state index is 12.9. The van der Waals surface area contributed by atoms with E-state index >= 15 is 0 Å². The van der Waals surface area contributed by atoms with Gasteiger partial charge in [-0.1, -0.05) is 148 Å². The number of hydrogen-bond donors (Lipinski definition) is 9. The summed E-state index contributed by atoms with van der Waals surface area (Å²) in [6.07, 6.45) is 13.3. The smallest absolute Gasteiger partial charge is 0.393 e. The summed E-state index contributed by atoms with van der Waals surface area (Å²) in [6, 6.07) is -1.23. The molecule has 13 nitrogen and oxygen atoms in total. The predicted octanol–water partition coefficient (Wildman–Crippen LogP) is 5.08. The van der Waals surface area contributed by atoms with Crippen molar-refractivity contribution >= 4 is 13.7 Å². The van der Waals surface area contributed by atoms with E-state index < -0.39 is 75.2 Å². The van der Waals surface area contributed by atoms with Gasteiger partial charge in [-0.05, 0) is 19.3 Å². The SMILES string of the molecule is CCCCCCCCCCCCC/C=C/C(O)C(COP(=O)(O)OC1C(O)C(O)C(O)C(O)C1O)NC(=O)CC(O)CCCCCCCCCCC. The molecule has 1 aliphatic rings. The van der Waals surface area contributed by atoms with E-state index in [0.29, 0.717) is 12.8 Å². The minimum absolute atomic E-state index is 0.242. The second-order valence-corrected chi connectivity index (χ2v) is 16.1. The summed E-state index contributed by atoms with van der Waals surface area (Å²) in [5.74, 6) is -0.595. The van der Waals surface area contributed by atoms with Gasteiger partial charge >= 0.3 is 7.82 Å². The Kier molecular flexibility index (Phi) is 27.7. The van der Waals surface area contributed by atoms with E-state index in [4.69, 9.17) is 9.05 Å². The van der Waals surface area contributed by atoms with Gasteiger partial charge in [-0.25, -0.2) is 4.57 Å². The first-order valence-electron chi connectivity index (χ1n) is 20.2. The highest BCUT2D eigenvalue weighted by atomic mass is 31.2. The fourth-order valence-electron chi connectivity index (χ4n) is 6.47. The molecule has 8 unspecified atom stereocenters. The number of amides is 1. The number of aliphatic hydroxyl groups excluding tert-OH is 7. The first-order valence-corrected chi connectivity index (χ1v) is 21.7. The highest BCUT2D eigenvalue weighted by Gasteiger charge is 2.51. The molecule has 1 rings (SSSR count). The zero-order valence-electron chi connectivity index (χ0n) is 32.0. The third-order valence-electron chi connectivity index (χ3n) is 9.87. The fourth-order valence-corrected chi connectivity index (χ4v) is 7.44. The van der Waals surface area contributed by atoms with E-state index in [0.717, 1.165) is 44.9 Å². The van der Waals surface area contributed by atoms with Gasteiger partial charge in [0.2, 0.25) is 5.91 Å². The highest BCUT2D eigenvalue weighted by Crippen LogP contribution is 2.47. The Balaban J connectivity index is 2.66. The second kappa shape index (κ2) is 29.3. The summed E-state index contributed by atoms with van der Waals surface area (Å²) in [7, 11) is -5.13. The molecule has 0 radical (unpaired) electrons. The summed E-state index contributed by atoms with van der Waals surface area (Å²) >= 11 is 0. The lowest BCUT2D eigenvalue weighted by Crippen LogP contribution is -2.64. The molecule has 0 aromatic rings. The summed E-state index contributed by atoms with van der Waals surface area (Å²) in [6.45, 7) is 3.67. The van der Waals surface area contributed by atoms with Crippen molar-refractivity contribution in [3.63, 3.8) is 0 Å². The van der Waals surface area contributed by atoms with Crippen LogP contribution in [0, 0.1) is 0 Å². The molecule has 14 heteroatoms. The highest BCUT2D eigenvalue weighted by molar-refractivity contribution is 7.47. The van der Waals surface area contributed by atoms with Gasteiger partial charge in [0.15, 0.2) is 0 Å². The molecule has 52 heavy (non-hydrogen) atoms. The number of hydrogen-bond acceptors (Lipinski definition) is 11. The summed E-state index contributed by atoms with van der Waals surface area (Å²) in [5.41, 5.74) is 0. The molecule has 0 aliphatic heterocycles. The number of unbranched alkanes of at least 4 members (excludes halogenated alkanes) is 19. The molecule has 1 saturated carbocycles. The van der Waals surface area contributed by atoms with E-state index in [1.807, 2.05) is 0 Å². The van der Waals surface area contributed by atoms with Crippen LogP contribution in [0.25, 0.3) is 0 Å². The van der Waals surface area contributed by atoms with Gasteiger partial charge in [0.25, 0.3) is 0 Å². The molecule has 1 fully saturated rings. The number of allylic oxidation sites excluding steroid dienone is 1. The molecule has 8 atom stereocenters. The molecule has 0 aromatic heterocycles. The maximum Gasteiger partial charge on any atom is 0.472 e. The van der Waals surface area contributed by atoms with Crippen LogP contribution < -0.4 is 5.32 Å². The summed E-state index contributed by atoms with van der Waals surface area (Å²) < 4.78 is 22.7. The Morgan fingerprint density at radius 3 is 1.58 bits per heavy atom. The number of phosphoric ester groups is 1. The number of rotatable bonds is 32.